The van der Waals surface area contributed by atoms with Gasteiger partial charge in [0, 0.05) is 25.8 Å². The molecule has 184 valence electrons. The molecule has 0 unspecified atom stereocenters. The van der Waals surface area contributed by atoms with Crippen molar-refractivity contribution in [2.24, 2.45) is 11.8 Å². The second-order valence-electron chi connectivity index (χ2n) is 10.4. The molecule has 3 aliphatic carbocycles. The minimum atomic E-state index is -0.589. The van der Waals surface area contributed by atoms with Crippen LogP contribution in [0.5, 0.6) is 0 Å². The van der Waals surface area contributed by atoms with Crippen molar-refractivity contribution in [2.45, 2.75) is 51.0 Å². The minimum Gasteiger partial charge on any atom is -0.389 e. The van der Waals surface area contributed by atoms with Crippen molar-refractivity contribution < 1.29 is 9.90 Å². The molecule has 0 aliphatic heterocycles. The number of allylic oxidation sites excluding steroid dienone is 1. The average molecular weight is 473 g/mol. The quantitative estimate of drug-likeness (QED) is 0.408. The fourth-order valence-corrected chi connectivity index (χ4v) is 5.94. The molecule has 0 radical (unpaired) electrons. The molecule has 1 saturated carbocycles. The largest absolute Gasteiger partial charge is 0.389 e. The maximum Gasteiger partial charge on any atom is 0.221 e. The summed E-state index contributed by atoms with van der Waals surface area (Å²) in [6.45, 7) is 3.35. The summed E-state index contributed by atoms with van der Waals surface area (Å²) in [5, 5.41) is 14.4. The molecule has 2 aromatic carbocycles. The highest BCUT2D eigenvalue weighted by Gasteiger charge is 2.46. The molecule has 1 fully saturated rings. The van der Waals surface area contributed by atoms with Crippen LogP contribution in [0.2, 0.25) is 0 Å². The van der Waals surface area contributed by atoms with E-state index in [1.165, 1.54) is 24.5 Å². The third kappa shape index (κ3) is 5.19. The lowest BCUT2D eigenvalue weighted by Gasteiger charge is -2.48. The van der Waals surface area contributed by atoms with Gasteiger partial charge in [0.1, 0.15) is 11.3 Å². The van der Waals surface area contributed by atoms with Crippen molar-refractivity contribution in [1.29, 1.82) is 0 Å². The highest BCUT2D eigenvalue weighted by molar-refractivity contribution is 5.98. The predicted octanol–water partition coefficient (Wildman–Crippen LogP) is 5.02. The molecule has 3 atom stereocenters. The highest BCUT2D eigenvalue weighted by Crippen LogP contribution is 2.51. The summed E-state index contributed by atoms with van der Waals surface area (Å²) >= 11 is 0. The van der Waals surface area contributed by atoms with Crippen LogP contribution in [-0.2, 0) is 11.2 Å². The first-order valence-corrected chi connectivity index (χ1v) is 12.8. The number of hydrogen-bond donors (Lipinski definition) is 3. The van der Waals surface area contributed by atoms with Crippen molar-refractivity contribution >= 4 is 28.2 Å². The molecular formula is C29H36N4O2. The van der Waals surface area contributed by atoms with E-state index in [-0.39, 0.29) is 11.8 Å². The van der Waals surface area contributed by atoms with E-state index in [2.05, 4.69) is 58.7 Å². The summed E-state index contributed by atoms with van der Waals surface area (Å²) in [4.78, 5) is 21.9. The van der Waals surface area contributed by atoms with E-state index in [0.29, 0.717) is 5.92 Å². The number of hydrogen-bond acceptors (Lipinski definition) is 4. The summed E-state index contributed by atoms with van der Waals surface area (Å²) in [7, 11) is 2.14. The zero-order chi connectivity index (χ0) is 24.4. The number of carbonyl (C=O) groups is 1. The van der Waals surface area contributed by atoms with Gasteiger partial charge in [0.2, 0.25) is 5.91 Å². The van der Waals surface area contributed by atoms with Gasteiger partial charge in [-0.3, -0.25) is 4.79 Å². The second-order valence-corrected chi connectivity index (χ2v) is 10.4. The number of aryl methyl sites for hydroxylation is 1. The van der Waals surface area contributed by atoms with E-state index in [0.717, 1.165) is 67.7 Å². The van der Waals surface area contributed by atoms with Crippen LogP contribution in [0, 0.1) is 11.8 Å². The van der Waals surface area contributed by atoms with Gasteiger partial charge in [0.05, 0.1) is 16.8 Å². The van der Waals surface area contributed by atoms with E-state index in [1.54, 1.807) is 0 Å². The molecule has 6 heteroatoms. The van der Waals surface area contributed by atoms with Crippen LogP contribution in [0.15, 0.2) is 54.6 Å². The van der Waals surface area contributed by atoms with Crippen molar-refractivity contribution in [1.82, 2.24) is 14.9 Å². The molecule has 0 spiro atoms. The Balaban J connectivity index is 1.13. The molecule has 6 nitrogen and oxygen atoms in total. The molecule has 2 bridgehead atoms. The number of carbonyl (C=O) groups excluding carboxylic acids is 1. The normalized spacial score (nSPS) is 23.6. The number of nitrogens with one attached hydrogen (secondary N) is 2. The van der Waals surface area contributed by atoms with Gasteiger partial charge in [-0.05, 0) is 74.9 Å². The first-order chi connectivity index (χ1) is 16.9. The van der Waals surface area contributed by atoms with Crippen LogP contribution in [0.3, 0.4) is 0 Å². The Labute approximate surface area is 207 Å². The summed E-state index contributed by atoms with van der Waals surface area (Å²) in [5.74, 6) is 1.56. The van der Waals surface area contributed by atoms with E-state index in [4.69, 9.17) is 4.98 Å². The maximum absolute atomic E-state index is 11.5. The maximum atomic E-state index is 11.5. The van der Waals surface area contributed by atoms with Gasteiger partial charge in [-0.1, -0.05) is 42.5 Å². The first-order valence-electron chi connectivity index (χ1n) is 12.8. The van der Waals surface area contributed by atoms with Gasteiger partial charge in [-0.15, -0.1) is 0 Å². The highest BCUT2D eigenvalue weighted by atomic mass is 16.3. The smallest absolute Gasteiger partial charge is 0.221 e. The van der Waals surface area contributed by atoms with E-state index in [1.807, 2.05) is 18.2 Å². The average Bonchev–Trinajstić information content (AvgIpc) is 3.27. The van der Waals surface area contributed by atoms with E-state index >= 15 is 0 Å². The fourth-order valence-electron chi connectivity index (χ4n) is 5.94. The zero-order valence-corrected chi connectivity index (χ0v) is 20.8. The lowest BCUT2D eigenvalue weighted by Crippen LogP contribution is -2.48. The lowest BCUT2D eigenvalue weighted by molar-refractivity contribution is -0.114. The SMILES string of the molecule is CC(=O)Nc1cccc2[nH]c(CCCN(C)CC[C@]3(O)C[C@H]4CC[C@H]3C=C4c3ccccc3)nc12. The molecule has 6 rings (SSSR count). The number of rotatable bonds is 9. The number of anilines is 1. The Kier molecular flexibility index (Phi) is 6.76. The van der Waals surface area contributed by atoms with Crippen LogP contribution in [0.4, 0.5) is 5.69 Å². The van der Waals surface area contributed by atoms with Crippen LogP contribution < -0.4 is 5.32 Å². The molecule has 3 N–H and O–H groups in total. The number of aromatic amines is 1. The number of fused-ring (bicyclic) bond motifs is 3. The number of H-pyrrole nitrogens is 1. The molecule has 1 amide bonds. The molecule has 1 heterocycles. The fraction of sp³-hybridized carbons (Fsp3) is 0.448. The Hall–Kier alpha value is -2.96. The Morgan fingerprint density at radius 2 is 2.00 bits per heavy atom. The first kappa shape index (κ1) is 23.8. The number of nitrogens with zero attached hydrogens (tertiary/aromatic N) is 2. The van der Waals surface area contributed by atoms with Gasteiger partial charge in [-0.2, -0.15) is 0 Å². The number of aromatic nitrogens is 2. The van der Waals surface area contributed by atoms with Gasteiger partial charge >= 0.3 is 0 Å². The third-order valence-corrected chi connectivity index (χ3v) is 7.80. The van der Waals surface area contributed by atoms with Crippen molar-refractivity contribution in [3.63, 3.8) is 0 Å². The van der Waals surface area contributed by atoms with Crippen molar-refractivity contribution in [3.8, 4) is 0 Å². The zero-order valence-electron chi connectivity index (χ0n) is 20.8. The second kappa shape index (κ2) is 9.96. The summed E-state index contributed by atoms with van der Waals surface area (Å²) in [6.07, 6.45) is 8.16. The lowest BCUT2D eigenvalue weighted by atomic mass is 9.61. The Morgan fingerprint density at radius 3 is 2.74 bits per heavy atom. The van der Waals surface area contributed by atoms with Gasteiger partial charge < -0.3 is 20.3 Å². The molecule has 0 saturated heterocycles. The molecule has 1 aromatic heterocycles. The molecular weight excluding hydrogens is 436 g/mol. The van der Waals surface area contributed by atoms with Crippen LogP contribution in [-0.4, -0.2) is 51.6 Å². The van der Waals surface area contributed by atoms with Gasteiger partial charge in [-0.25, -0.2) is 4.98 Å². The monoisotopic (exact) mass is 472 g/mol. The van der Waals surface area contributed by atoms with Crippen LogP contribution in [0.25, 0.3) is 16.6 Å². The van der Waals surface area contributed by atoms with E-state index in [9.17, 15) is 9.90 Å². The van der Waals surface area contributed by atoms with Gasteiger partial charge in [0.15, 0.2) is 0 Å². The number of imidazole rings is 1. The molecule has 35 heavy (non-hydrogen) atoms. The molecule has 3 aromatic rings. The topological polar surface area (TPSA) is 81.2 Å². The number of para-hydroxylation sites is 1. The van der Waals surface area contributed by atoms with Crippen molar-refractivity contribution in [2.75, 3.05) is 25.5 Å². The number of amides is 1. The summed E-state index contributed by atoms with van der Waals surface area (Å²) in [6, 6.07) is 16.4. The third-order valence-electron chi connectivity index (χ3n) is 7.80. The predicted molar refractivity (Wildman–Crippen MR) is 141 cm³/mol. The Morgan fingerprint density at radius 1 is 1.17 bits per heavy atom. The number of benzene rings is 2. The number of aliphatic hydroxyl groups is 1. The Bertz CT molecular complexity index is 1220. The molecule has 3 aliphatic rings. The summed E-state index contributed by atoms with van der Waals surface area (Å²) < 4.78 is 0. The summed E-state index contributed by atoms with van der Waals surface area (Å²) in [5.41, 5.74) is 4.66. The van der Waals surface area contributed by atoms with Gasteiger partial charge in [0.25, 0.3) is 0 Å². The van der Waals surface area contributed by atoms with Crippen molar-refractivity contribution in [3.05, 3.63) is 66.0 Å². The van der Waals surface area contributed by atoms with Crippen LogP contribution >= 0.6 is 0 Å². The minimum absolute atomic E-state index is 0.0942. The van der Waals surface area contributed by atoms with E-state index < -0.39 is 5.60 Å². The van der Waals surface area contributed by atoms with Crippen LogP contribution in [0.1, 0.15) is 50.4 Å². The standard InChI is InChI=1S/C29H36N4O2/c1-20(34)30-25-10-6-11-26-28(25)32-27(31-26)12-7-16-33(2)17-15-29(35)19-22-13-14-23(29)18-24(22)21-8-4-3-5-9-21/h3-6,8-11,18,22-23,35H,7,12-17,19H2,1-2H3,(H,30,34)(H,31,32)/t22-,23+,29+/m1/s1.